The van der Waals surface area contributed by atoms with Crippen molar-refractivity contribution in [3.63, 3.8) is 0 Å². The summed E-state index contributed by atoms with van der Waals surface area (Å²) in [5.74, 6) is -1.59. The Hall–Kier alpha value is -2.49. The van der Waals surface area contributed by atoms with E-state index in [-0.39, 0.29) is 12.4 Å². The number of fused-ring (bicyclic) bond motifs is 1. The Kier molecular flexibility index (Phi) is 5.82. The number of aryl methyl sites for hydroxylation is 1. The first-order valence-electron chi connectivity index (χ1n) is 8.85. The van der Waals surface area contributed by atoms with Gasteiger partial charge in [0.05, 0.1) is 0 Å². The summed E-state index contributed by atoms with van der Waals surface area (Å²) in [6.07, 6.45) is 4.20. The van der Waals surface area contributed by atoms with Gasteiger partial charge < -0.3 is 4.74 Å². The molecular formula is C22H21F3O. The number of ether oxygens (including phenoxy) is 1. The molecule has 3 aromatic rings. The molecule has 3 rings (SSSR count). The van der Waals surface area contributed by atoms with Crippen molar-refractivity contribution in [2.45, 2.75) is 39.2 Å². The summed E-state index contributed by atoms with van der Waals surface area (Å²) in [6, 6.07) is 12.4. The summed E-state index contributed by atoms with van der Waals surface area (Å²) in [6.45, 7) is 2.22. The number of halogens is 3. The molecule has 0 unspecified atom stereocenters. The highest BCUT2D eigenvalue weighted by Gasteiger charge is 2.07. The van der Waals surface area contributed by atoms with Crippen LogP contribution in [0.5, 0.6) is 5.75 Å². The molecule has 0 N–H and O–H groups in total. The van der Waals surface area contributed by atoms with Gasteiger partial charge in [-0.1, -0.05) is 38.0 Å². The number of hydrogen-bond acceptors (Lipinski definition) is 1. The van der Waals surface area contributed by atoms with E-state index in [2.05, 4.69) is 6.92 Å². The average molecular weight is 358 g/mol. The summed E-state index contributed by atoms with van der Waals surface area (Å²) in [5, 5.41) is 1.12. The minimum Gasteiger partial charge on any atom is -0.489 e. The van der Waals surface area contributed by atoms with E-state index in [4.69, 9.17) is 4.74 Å². The van der Waals surface area contributed by atoms with Crippen LogP contribution < -0.4 is 4.74 Å². The zero-order chi connectivity index (χ0) is 18.5. The smallest absolute Gasteiger partial charge is 0.159 e. The van der Waals surface area contributed by atoms with E-state index in [1.54, 1.807) is 30.3 Å². The fourth-order valence-electron chi connectivity index (χ4n) is 2.91. The minimum atomic E-state index is -0.903. The van der Waals surface area contributed by atoms with Crippen LogP contribution in [0, 0.1) is 17.5 Å². The van der Waals surface area contributed by atoms with Crippen LogP contribution in [-0.4, -0.2) is 0 Å². The van der Waals surface area contributed by atoms with Crippen LogP contribution in [0.3, 0.4) is 0 Å². The molecule has 136 valence electrons. The molecule has 26 heavy (non-hydrogen) atoms. The largest absolute Gasteiger partial charge is 0.489 e. The molecule has 0 fully saturated rings. The summed E-state index contributed by atoms with van der Waals surface area (Å²) < 4.78 is 46.5. The molecule has 0 saturated heterocycles. The van der Waals surface area contributed by atoms with Crippen LogP contribution in [0.1, 0.15) is 37.3 Å². The third-order valence-corrected chi connectivity index (χ3v) is 4.43. The SMILES string of the molecule is CCCCCc1ccc(COc2ccc3cc(F)c(F)cc3c2)c(F)c1. The summed E-state index contributed by atoms with van der Waals surface area (Å²) >= 11 is 0. The van der Waals surface area contributed by atoms with Gasteiger partial charge in [0.1, 0.15) is 18.2 Å². The lowest BCUT2D eigenvalue weighted by Crippen LogP contribution is -2.00. The van der Waals surface area contributed by atoms with Crippen molar-refractivity contribution in [2.24, 2.45) is 0 Å². The van der Waals surface area contributed by atoms with Gasteiger partial charge >= 0.3 is 0 Å². The maximum absolute atomic E-state index is 14.2. The van der Waals surface area contributed by atoms with E-state index in [1.165, 1.54) is 0 Å². The molecule has 0 heterocycles. The highest BCUT2D eigenvalue weighted by molar-refractivity contribution is 5.84. The van der Waals surface area contributed by atoms with Crippen molar-refractivity contribution < 1.29 is 17.9 Å². The summed E-state index contributed by atoms with van der Waals surface area (Å²) in [5.41, 5.74) is 1.46. The molecular weight excluding hydrogens is 337 g/mol. The lowest BCUT2D eigenvalue weighted by atomic mass is 10.1. The van der Waals surface area contributed by atoms with Crippen LogP contribution in [0.4, 0.5) is 13.2 Å². The molecule has 3 aromatic carbocycles. The molecule has 0 radical (unpaired) electrons. The summed E-state index contributed by atoms with van der Waals surface area (Å²) in [7, 11) is 0. The fraction of sp³-hybridized carbons (Fsp3) is 0.273. The van der Waals surface area contributed by atoms with Crippen LogP contribution in [0.15, 0.2) is 48.5 Å². The topological polar surface area (TPSA) is 9.23 Å². The van der Waals surface area contributed by atoms with Crippen molar-refractivity contribution in [2.75, 3.05) is 0 Å². The van der Waals surface area contributed by atoms with Gasteiger partial charge in [-0.05, 0) is 59.5 Å². The molecule has 0 atom stereocenters. The Morgan fingerprint density at radius 1 is 0.769 bits per heavy atom. The Labute approximate surface area is 151 Å². The van der Waals surface area contributed by atoms with Gasteiger partial charge in [-0.3, -0.25) is 0 Å². The maximum Gasteiger partial charge on any atom is 0.159 e. The average Bonchev–Trinajstić information content (AvgIpc) is 2.62. The van der Waals surface area contributed by atoms with Gasteiger partial charge in [-0.2, -0.15) is 0 Å². The lowest BCUT2D eigenvalue weighted by molar-refractivity contribution is 0.300. The monoisotopic (exact) mass is 358 g/mol. The molecule has 0 aliphatic rings. The van der Waals surface area contributed by atoms with E-state index >= 15 is 0 Å². The number of unbranched alkanes of at least 4 members (excludes halogenated alkanes) is 2. The van der Waals surface area contributed by atoms with Crippen molar-refractivity contribution in [3.05, 3.63) is 77.1 Å². The third kappa shape index (κ3) is 4.37. The molecule has 1 nitrogen and oxygen atoms in total. The predicted octanol–water partition coefficient (Wildman–Crippen LogP) is 6.57. The normalized spacial score (nSPS) is 11.1. The van der Waals surface area contributed by atoms with Crippen molar-refractivity contribution >= 4 is 10.8 Å². The molecule has 0 spiro atoms. The maximum atomic E-state index is 14.2. The lowest BCUT2D eigenvalue weighted by Gasteiger charge is -2.10. The van der Waals surface area contributed by atoms with Crippen molar-refractivity contribution in [1.82, 2.24) is 0 Å². The molecule has 0 aromatic heterocycles. The van der Waals surface area contributed by atoms with Crippen LogP contribution in [0.2, 0.25) is 0 Å². The van der Waals surface area contributed by atoms with E-state index in [1.807, 2.05) is 6.07 Å². The zero-order valence-corrected chi connectivity index (χ0v) is 14.7. The molecule has 0 aliphatic heterocycles. The second-order valence-electron chi connectivity index (χ2n) is 6.45. The molecule has 0 amide bonds. The van der Waals surface area contributed by atoms with Gasteiger partial charge in [-0.15, -0.1) is 0 Å². The second kappa shape index (κ2) is 8.26. The standard InChI is InChI=1S/C22H21F3O/c1-2-3-4-5-15-6-7-17(20(23)10-15)14-26-19-9-8-16-12-21(24)22(25)13-18(16)11-19/h6-13H,2-5,14H2,1H3. The molecule has 4 heteroatoms. The Balaban J connectivity index is 1.68. The van der Waals surface area contributed by atoms with Crippen LogP contribution >= 0.6 is 0 Å². The van der Waals surface area contributed by atoms with E-state index in [9.17, 15) is 13.2 Å². The highest BCUT2D eigenvalue weighted by atomic mass is 19.2. The van der Waals surface area contributed by atoms with Gasteiger partial charge in [0.2, 0.25) is 0 Å². The molecule has 0 saturated carbocycles. The van der Waals surface area contributed by atoms with Crippen molar-refractivity contribution in [3.8, 4) is 5.75 Å². The van der Waals surface area contributed by atoms with Gasteiger partial charge in [-0.25, -0.2) is 13.2 Å². The second-order valence-corrected chi connectivity index (χ2v) is 6.45. The first-order valence-corrected chi connectivity index (χ1v) is 8.85. The third-order valence-electron chi connectivity index (χ3n) is 4.43. The van der Waals surface area contributed by atoms with Gasteiger partial charge in [0.15, 0.2) is 11.6 Å². The molecule has 0 aliphatic carbocycles. The molecule has 0 bridgehead atoms. The van der Waals surface area contributed by atoms with Crippen LogP contribution in [0.25, 0.3) is 10.8 Å². The number of rotatable bonds is 7. The highest BCUT2D eigenvalue weighted by Crippen LogP contribution is 2.24. The van der Waals surface area contributed by atoms with Gasteiger partial charge in [0.25, 0.3) is 0 Å². The first-order chi connectivity index (χ1) is 12.6. The Bertz CT molecular complexity index is 905. The van der Waals surface area contributed by atoms with Crippen molar-refractivity contribution in [1.29, 1.82) is 0 Å². The number of benzene rings is 3. The fourth-order valence-corrected chi connectivity index (χ4v) is 2.91. The quantitative estimate of drug-likeness (QED) is 0.434. The predicted molar refractivity (Wildman–Crippen MR) is 97.8 cm³/mol. The summed E-state index contributed by atoms with van der Waals surface area (Å²) in [4.78, 5) is 0. The minimum absolute atomic E-state index is 0.0796. The van der Waals surface area contributed by atoms with E-state index in [0.29, 0.717) is 22.1 Å². The van der Waals surface area contributed by atoms with Crippen LogP contribution in [-0.2, 0) is 13.0 Å². The van der Waals surface area contributed by atoms with E-state index in [0.717, 1.165) is 43.4 Å². The Morgan fingerprint density at radius 2 is 1.54 bits per heavy atom. The first kappa shape index (κ1) is 18.3. The van der Waals surface area contributed by atoms with Gasteiger partial charge in [0, 0.05) is 5.56 Å². The Morgan fingerprint density at radius 3 is 2.27 bits per heavy atom. The zero-order valence-electron chi connectivity index (χ0n) is 14.7. The van der Waals surface area contributed by atoms with E-state index < -0.39 is 11.6 Å². The number of hydrogen-bond donors (Lipinski definition) is 0.